The second kappa shape index (κ2) is 8.95. The molecular formula is C18H17BrN2O4S. The Bertz CT molecular complexity index is 812. The second-order valence-electron chi connectivity index (χ2n) is 5.36. The second-order valence-corrected chi connectivity index (χ2v) is 7.20. The zero-order valence-electron chi connectivity index (χ0n) is 14.0. The molecule has 0 radical (unpaired) electrons. The molecular weight excluding hydrogens is 420 g/mol. The van der Waals surface area contributed by atoms with Crippen LogP contribution in [-0.2, 0) is 10.5 Å². The first-order valence-electron chi connectivity index (χ1n) is 7.77. The van der Waals surface area contributed by atoms with Gasteiger partial charge in [0.05, 0.1) is 19.1 Å². The average molecular weight is 437 g/mol. The number of hydrogen-bond acceptors (Lipinski definition) is 6. The Labute approximate surface area is 164 Å². The molecule has 0 fully saturated rings. The minimum atomic E-state index is -0.156. The molecule has 2 aromatic rings. The maximum absolute atomic E-state index is 11.9. The highest BCUT2D eigenvalue weighted by atomic mass is 79.9. The number of amides is 1. The Balaban J connectivity index is 1.44. The zero-order chi connectivity index (χ0) is 18.4. The lowest BCUT2D eigenvalue weighted by molar-refractivity contribution is -0.118. The normalized spacial score (nSPS) is 12.4. The van der Waals surface area contributed by atoms with Gasteiger partial charge in [0.25, 0.3) is 0 Å². The topological polar surface area (TPSA) is 69.2 Å². The van der Waals surface area contributed by atoms with Crippen LogP contribution >= 0.6 is 27.7 Å². The number of rotatable bonds is 7. The third-order valence-electron chi connectivity index (χ3n) is 3.55. The Hall–Kier alpha value is -2.19. The highest BCUT2D eigenvalue weighted by molar-refractivity contribution is 9.10. The Morgan fingerprint density at radius 3 is 2.77 bits per heavy atom. The number of carbonyl (C=O) groups excluding carboxylic acids is 1. The molecule has 0 bridgehead atoms. The molecule has 0 aliphatic carbocycles. The van der Waals surface area contributed by atoms with Crippen LogP contribution in [0.4, 0.5) is 0 Å². The summed E-state index contributed by atoms with van der Waals surface area (Å²) < 4.78 is 16.6. The number of thioether (sulfide) groups is 1. The fourth-order valence-corrected chi connectivity index (χ4v) is 3.43. The average Bonchev–Trinajstić information content (AvgIpc) is 3.09. The van der Waals surface area contributed by atoms with Gasteiger partial charge in [-0.25, -0.2) is 5.43 Å². The van der Waals surface area contributed by atoms with Gasteiger partial charge in [0.15, 0.2) is 11.5 Å². The van der Waals surface area contributed by atoms with Crippen LogP contribution < -0.4 is 19.6 Å². The fourth-order valence-electron chi connectivity index (χ4n) is 2.22. The number of ether oxygens (including phenoxy) is 3. The van der Waals surface area contributed by atoms with E-state index in [0.29, 0.717) is 17.3 Å². The molecule has 8 heteroatoms. The zero-order valence-corrected chi connectivity index (χ0v) is 16.4. The molecule has 1 heterocycles. The van der Waals surface area contributed by atoms with Gasteiger partial charge in [0.1, 0.15) is 5.75 Å². The van der Waals surface area contributed by atoms with Gasteiger partial charge in [0, 0.05) is 15.8 Å². The summed E-state index contributed by atoms with van der Waals surface area (Å²) in [5, 5.41) is 4.00. The number of nitrogens with one attached hydrogen (secondary N) is 1. The van der Waals surface area contributed by atoms with Crippen LogP contribution in [0.25, 0.3) is 0 Å². The third kappa shape index (κ3) is 4.92. The van der Waals surface area contributed by atoms with Crippen LogP contribution in [0.2, 0.25) is 0 Å². The van der Waals surface area contributed by atoms with Crippen molar-refractivity contribution in [3.63, 3.8) is 0 Å². The van der Waals surface area contributed by atoms with Gasteiger partial charge in [0.2, 0.25) is 12.7 Å². The molecule has 0 atom stereocenters. The highest BCUT2D eigenvalue weighted by Gasteiger charge is 2.15. The quantitative estimate of drug-likeness (QED) is 0.530. The van der Waals surface area contributed by atoms with Gasteiger partial charge in [-0.15, -0.1) is 11.8 Å². The minimum absolute atomic E-state index is 0.156. The molecule has 0 unspecified atom stereocenters. The van der Waals surface area contributed by atoms with Crippen molar-refractivity contribution in [3.05, 3.63) is 52.0 Å². The van der Waals surface area contributed by atoms with Crippen LogP contribution in [0.1, 0.15) is 11.1 Å². The highest BCUT2D eigenvalue weighted by Crippen LogP contribution is 2.36. The van der Waals surface area contributed by atoms with E-state index in [1.54, 1.807) is 19.4 Å². The van der Waals surface area contributed by atoms with Crippen molar-refractivity contribution >= 4 is 39.8 Å². The minimum Gasteiger partial charge on any atom is -0.497 e. The summed E-state index contributed by atoms with van der Waals surface area (Å²) in [5.74, 6) is 3.08. The summed E-state index contributed by atoms with van der Waals surface area (Å²) in [4.78, 5) is 11.9. The van der Waals surface area contributed by atoms with Crippen molar-refractivity contribution in [2.45, 2.75) is 5.75 Å². The first-order valence-corrected chi connectivity index (χ1v) is 9.72. The number of fused-ring (bicyclic) bond motifs is 1. The van der Waals surface area contributed by atoms with E-state index in [1.807, 2.05) is 30.3 Å². The lowest BCUT2D eigenvalue weighted by atomic mass is 10.2. The van der Waals surface area contributed by atoms with Crippen molar-refractivity contribution < 1.29 is 19.0 Å². The first kappa shape index (κ1) is 18.6. The Kier molecular flexibility index (Phi) is 6.40. The molecule has 1 aliphatic rings. The van der Waals surface area contributed by atoms with Crippen molar-refractivity contribution in [1.82, 2.24) is 5.43 Å². The van der Waals surface area contributed by atoms with E-state index in [1.165, 1.54) is 11.8 Å². The van der Waals surface area contributed by atoms with E-state index in [2.05, 4.69) is 26.5 Å². The standard InChI is InChI=1S/C18H17BrN2O4S/c1-23-14-4-2-12(3-5-14)9-26-10-18(22)21-20-8-13-6-16-17(7-15(13)19)25-11-24-16/h2-8H,9-11H2,1H3,(H,21,22)/b20-8-. The SMILES string of the molecule is COc1ccc(CSCC(=O)N/N=C\c2cc3c(cc2Br)OCO3)cc1. The molecule has 0 spiro atoms. The number of methoxy groups -OCH3 is 1. The molecule has 26 heavy (non-hydrogen) atoms. The fraction of sp³-hybridized carbons (Fsp3) is 0.222. The van der Waals surface area contributed by atoms with Crippen LogP contribution in [-0.4, -0.2) is 31.8 Å². The van der Waals surface area contributed by atoms with E-state index in [9.17, 15) is 4.79 Å². The van der Waals surface area contributed by atoms with Crippen molar-refractivity contribution in [3.8, 4) is 17.2 Å². The molecule has 0 aromatic heterocycles. The van der Waals surface area contributed by atoms with Gasteiger partial charge >= 0.3 is 0 Å². The molecule has 1 amide bonds. The Morgan fingerprint density at radius 1 is 1.31 bits per heavy atom. The van der Waals surface area contributed by atoms with Gasteiger partial charge in [-0.3, -0.25) is 4.79 Å². The van der Waals surface area contributed by atoms with E-state index in [-0.39, 0.29) is 12.7 Å². The van der Waals surface area contributed by atoms with Crippen LogP contribution in [0.3, 0.4) is 0 Å². The number of halogens is 1. The summed E-state index contributed by atoms with van der Waals surface area (Å²) in [7, 11) is 1.64. The van der Waals surface area contributed by atoms with Crippen molar-refractivity contribution in [2.24, 2.45) is 5.10 Å². The molecule has 2 aromatic carbocycles. The number of carbonyl (C=O) groups is 1. The van der Waals surface area contributed by atoms with E-state index >= 15 is 0 Å². The molecule has 1 aliphatic heterocycles. The van der Waals surface area contributed by atoms with Crippen LogP contribution in [0, 0.1) is 0 Å². The predicted octanol–water partition coefficient (Wildman–Crippen LogP) is 3.57. The van der Waals surface area contributed by atoms with Gasteiger partial charge in [-0.1, -0.05) is 12.1 Å². The van der Waals surface area contributed by atoms with E-state index in [0.717, 1.165) is 27.1 Å². The third-order valence-corrected chi connectivity index (χ3v) is 5.24. The summed E-state index contributed by atoms with van der Waals surface area (Å²) in [5.41, 5.74) is 4.45. The molecule has 136 valence electrons. The van der Waals surface area contributed by atoms with Crippen LogP contribution in [0.5, 0.6) is 17.2 Å². The number of benzene rings is 2. The summed E-state index contributed by atoms with van der Waals surface area (Å²) in [6, 6.07) is 11.4. The predicted molar refractivity (Wildman–Crippen MR) is 105 cm³/mol. The maximum atomic E-state index is 11.9. The number of hydrazone groups is 1. The van der Waals surface area contributed by atoms with E-state index in [4.69, 9.17) is 14.2 Å². The van der Waals surface area contributed by atoms with Gasteiger partial charge in [-0.05, 0) is 45.8 Å². The largest absolute Gasteiger partial charge is 0.497 e. The van der Waals surface area contributed by atoms with Crippen LogP contribution in [0.15, 0.2) is 46.0 Å². The Morgan fingerprint density at radius 2 is 2.04 bits per heavy atom. The van der Waals surface area contributed by atoms with Crippen molar-refractivity contribution in [1.29, 1.82) is 0 Å². The molecule has 0 saturated carbocycles. The van der Waals surface area contributed by atoms with Gasteiger partial charge in [-0.2, -0.15) is 5.10 Å². The smallest absolute Gasteiger partial charge is 0.250 e. The van der Waals surface area contributed by atoms with E-state index < -0.39 is 0 Å². The molecule has 1 N–H and O–H groups in total. The maximum Gasteiger partial charge on any atom is 0.250 e. The lowest BCUT2D eigenvalue weighted by Gasteiger charge is -2.04. The van der Waals surface area contributed by atoms with Gasteiger partial charge < -0.3 is 14.2 Å². The van der Waals surface area contributed by atoms with Crippen molar-refractivity contribution in [2.75, 3.05) is 19.7 Å². The number of nitrogens with zero attached hydrogens (tertiary/aromatic N) is 1. The summed E-state index contributed by atoms with van der Waals surface area (Å²) >= 11 is 4.96. The first-order chi connectivity index (χ1) is 12.7. The summed E-state index contributed by atoms with van der Waals surface area (Å²) in [6.45, 7) is 0.213. The molecule has 3 rings (SSSR count). The lowest BCUT2D eigenvalue weighted by Crippen LogP contribution is -2.19. The number of hydrogen-bond donors (Lipinski definition) is 1. The summed E-state index contributed by atoms with van der Waals surface area (Å²) in [6.07, 6.45) is 1.57. The molecule has 6 nitrogen and oxygen atoms in total. The monoisotopic (exact) mass is 436 g/mol. The molecule has 0 saturated heterocycles.